The Hall–Kier alpha value is -4.37. The Morgan fingerprint density at radius 3 is 2.57 bits per heavy atom. The lowest BCUT2D eigenvalue weighted by Crippen LogP contribution is -2.15. The number of carbonyl (C=O) groups excluding carboxylic acids is 1. The maximum absolute atomic E-state index is 14.9. The van der Waals surface area contributed by atoms with Crippen molar-refractivity contribution >= 4 is 34.4 Å². The molecule has 0 saturated heterocycles. The largest absolute Gasteiger partial charge is 0.478 e. The summed E-state index contributed by atoms with van der Waals surface area (Å²) in [6.07, 6.45) is 1.36. The lowest BCUT2D eigenvalue weighted by molar-refractivity contribution is 0.0696. The summed E-state index contributed by atoms with van der Waals surface area (Å²) in [4.78, 5) is 28.9. The number of carboxylic acid groups (broad SMARTS) is 1. The summed E-state index contributed by atoms with van der Waals surface area (Å²) < 4.78 is 16.1. The molecule has 5 aromatic rings. The van der Waals surface area contributed by atoms with Crippen LogP contribution in [-0.2, 0) is 0 Å². The second kappa shape index (κ2) is 9.11. The Morgan fingerprint density at radius 2 is 1.91 bits per heavy atom. The van der Waals surface area contributed by atoms with Crippen LogP contribution in [0.1, 0.15) is 33.7 Å². The number of nitrogens with zero attached hydrogens (tertiary/aromatic N) is 4. The number of fused-ring (bicyclic) bond motifs is 1. The number of nitrogens with one attached hydrogen (secondary N) is 1. The van der Waals surface area contributed by atoms with Crippen molar-refractivity contribution in [2.45, 2.75) is 14.4 Å². The zero-order chi connectivity index (χ0) is 24.0. The second-order valence-electron chi connectivity index (χ2n) is 7.56. The molecule has 0 aliphatic carbocycles. The molecule has 0 fully saturated rings. The van der Waals surface area contributed by atoms with Crippen LogP contribution in [0.4, 0.5) is 4.39 Å². The molecule has 35 heavy (non-hydrogen) atoms. The average Bonchev–Trinajstić information content (AvgIpc) is 3.47. The monoisotopic (exact) mass is 491 g/mol. The van der Waals surface area contributed by atoms with E-state index >= 15 is 0 Å². The Bertz CT molecular complexity index is 1570. The summed E-state index contributed by atoms with van der Waals surface area (Å²) in [6, 6.07) is 13.8. The van der Waals surface area contributed by atoms with Crippen LogP contribution in [-0.4, -0.2) is 41.9 Å². The predicted octanol–water partition coefficient (Wildman–Crippen LogP) is 5.61. The van der Waals surface area contributed by atoms with Gasteiger partial charge in [-0.15, -0.1) is 0 Å². The van der Waals surface area contributed by atoms with Crippen molar-refractivity contribution < 1.29 is 19.1 Å². The van der Waals surface area contributed by atoms with E-state index in [4.69, 9.17) is 16.7 Å². The van der Waals surface area contributed by atoms with Crippen molar-refractivity contribution in [2.75, 3.05) is 0 Å². The average molecular weight is 492 g/mol. The molecule has 0 aliphatic rings. The molecule has 0 radical (unpaired) electrons. The predicted molar refractivity (Wildman–Crippen MR) is 130 cm³/mol. The van der Waals surface area contributed by atoms with Crippen LogP contribution in [0.5, 0.6) is 0 Å². The van der Waals surface area contributed by atoms with Crippen LogP contribution in [0.3, 0.4) is 0 Å². The van der Waals surface area contributed by atoms with Crippen LogP contribution in [0.15, 0.2) is 60.9 Å². The van der Waals surface area contributed by atoms with E-state index in [1.807, 2.05) is 0 Å². The molecule has 0 spiro atoms. The molecule has 2 aromatic heterocycles. The van der Waals surface area contributed by atoms with Gasteiger partial charge in [0.2, 0.25) is 0 Å². The number of carboxylic acids is 1. The molecule has 0 unspecified atom stereocenters. The second-order valence-corrected chi connectivity index (χ2v) is 7.97. The SMILES string of the molecule is C.Cc1cccc(Cl)c1C(=O)n1nc(-c2ccc(C(=O)O)cc2F)c2ccc(-c3ncn[nH]3)cc21. The van der Waals surface area contributed by atoms with Gasteiger partial charge in [0.25, 0.3) is 5.91 Å². The third kappa shape index (κ3) is 4.06. The Balaban J connectivity index is 0.00000289. The van der Waals surface area contributed by atoms with Gasteiger partial charge >= 0.3 is 5.97 Å². The van der Waals surface area contributed by atoms with E-state index in [-0.39, 0.29) is 34.8 Å². The standard InChI is InChI=1S/C24H15ClFN5O3.CH4/c1-12-3-2-4-17(25)20(12)23(32)31-19-10-13(22-27-11-28-29-22)5-8-16(19)21(30-31)15-7-6-14(24(33)34)9-18(15)26;/h2-11H,1H3,(H,33,34)(H,27,28,29);1H4. The minimum absolute atomic E-state index is 0. The highest BCUT2D eigenvalue weighted by Gasteiger charge is 2.24. The highest BCUT2D eigenvalue weighted by molar-refractivity contribution is 6.34. The molecule has 0 amide bonds. The van der Waals surface area contributed by atoms with Gasteiger partial charge in [-0.25, -0.2) is 14.2 Å². The number of aromatic amines is 1. The fourth-order valence-electron chi connectivity index (χ4n) is 3.81. The molecule has 2 N–H and O–H groups in total. The number of carbonyl (C=O) groups is 2. The van der Waals surface area contributed by atoms with Crippen LogP contribution >= 0.6 is 11.6 Å². The minimum Gasteiger partial charge on any atom is -0.478 e. The van der Waals surface area contributed by atoms with E-state index in [2.05, 4.69) is 20.3 Å². The minimum atomic E-state index is -1.25. The lowest BCUT2D eigenvalue weighted by atomic mass is 10.0. The van der Waals surface area contributed by atoms with E-state index in [0.29, 0.717) is 27.9 Å². The number of hydrogen-bond donors (Lipinski definition) is 2. The Kier molecular flexibility index (Phi) is 6.19. The lowest BCUT2D eigenvalue weighted by Gasteiger charge is -2.08. The number of aryl methyl sites for hydroxylation is 1. The number of aromatic carboxylic acids is 1. The molecule has 176 valence electrons. The fourth-order valence-corrected chi connectivity index (χ4v) is 4.11. The van der Waals surface area contributed by atoms with Gasteiger partial charge in [0.1, 0.15) is 17.8 Å². The van der Waals surface area contributed by atoms with E-state index < -0.39 is 17.7 Å². The summed E-state index contributed by atoms with van der Waals surface area (Å²) in [7, 11) is 0. The molecule has 0 aliphatic heterocycles. The zero-order valence-electron chi connectivity index (χ0n) is 17.6. The molecule has 3 aromatic carbocycles. The first-order valence-electron chi connectivity index (χ1n) is 10.1. The molecule has 0 saturated carbocycles. The van der Waals surface area contributed by atoms with Gasteiger partial charge in [-0.05, 0) is 48.9 Å². The van der Waals surface area contributed by atoms with E-state index in [0.717, 1.165) is 6.07 Å². The highest BCUT2D eigenvalue weighted by Crippen LogP contribution is 2.33. The van der Waals surface area contributed by atoms with Gasteiger partial charge in [-0.3, -0.25) is 9.89 Å². The number of halogens is 2. The van der Waals surface area contributed by atoms with Crippen LogP contribution in [0, 0.1) is 12.7 Å². The quantitative estimate of drug-likeness (QED) is 0.337. The molecule has 8 nitrogen and oxygen atoms in total. The number of rotatable bonds is 4. The number of benzene rings is 3. The van der Waals surface area contributed by atoms with Crippen molar-refractivity contribution in [1.29, 1.82) is 0 Å². The first-order valence-corrected chi connectivity index (χ1v) is 10.4. The topological polar surface area (TPSA) is 114 Å². The molecule has 0 bridgehead atoms. The molecule has 5 rings (SSSR count). The first kappa shape index (κ1) is 23.8. The van der Waals surface area contributed by atoms with Crippen molar-refractivity contribution in [3.05, 3.63) is 88.5 Å². The fraction of sp³-hybridized carbons (Fsp3) is 0.0800. The summed E-state index contributed by atoms with van der Waals surface area (Å²) in [5.41, 5.74) is 2.02. The zero-order valence-corrected chi connectivity index (χ0v) is 18.3. The van der Waals surface area contributed by atoms with Crippen molar-refractivity contribution in [1.82, 2.24) is 25.0 Å². The maximum atomic E-state index is 14.9. The third-order valence-electron chi connectivity index (χ3n) is 5.47. The van der Waals surface area contributed by atoms with E-state index in [1.54, 1.807) is 43.3 Å². The summed E-state index contributed by atoms with van der Waals surface area (Å²) in [5, 5.41) is 21.0. The molecule has 2 heterocycles. The molecular formula is C25H19ClFN5O3. The summed E-state index contributed by atoms with van der Waals surface area (Å²) >= 11 is 6.33. The number of aromatic nitrogens is 5. The highest BCUT2D eigenvalue weighted by atomic mass is 35.5. The van der Waals surface area contributed by atoms with Gasteiger partial charge in [0.05, 0.1) is 21.7 Å². The van der Waals surface area contributed by atoms with Gasteiger partial charge in [0, 0.05) is 16.5 Å². The van der Waals surface area contributed by atoms with Crippen LogP contribution < -0.4 is 0 Å². The molecular weight excluding hydrogens is 473 g/mol. The molecule has 10 heteroatoms. The Labute approximate surface area is 204 Å². The van der Waals surface area contributed by atoms with Crippen molar-refractivity contribution in [3.63, 3.8) is 0 Å². The van der Waals surface area contributed by atoms with E-state index in [9.17, 15) is 14.0 Å². The first-order chi connectivity index (χ1) is 16.3. The van der Waals surface area contributed by atoms with Crippen molar-refractivity contribution in [2.24, 2.45) is 0 Å². The Morgan fingerprint density at radius 1 is 1.11 bits per heavy atom. The number of hydrogen-bond acceptors (Lipinski definition) is 5. The van der Waals surface area contributed by atoms with E-state index in [1.165, 1.54) is 23.1 Å². The third-order valence-corrected chi connectivity index (χ3v) is 5.78. The molecule has 0 atom stereocenters. The van der Waals surface area contributed by atoms with Gasteiger partial charge < -0.3 is 5.11 Å². The van der Waals surface area contributed by atoms with Crippen LogP contribution in [0.25, 0.3) is 33.5 Å². The van der Waals surface area contributed by atoms with Gasteiger partial charge in [-0.2, -0.15) is 14.9 Å². The maximum Gasteiger partial charge on any atom is 0.335 e. The van der Waals surface area contributed by atoms with Gasteiger partial charge in [-0.1, -0.05) is 37.2 Å². The van der Waals surface area contributed by atoms with Gasteiger partial charge in [0.15, 0.2) is 5.82 Å². The summed E-state index contributed by atoms with van der Waals surface area (Å²) in [6.45, 7) is 1.76. The normalized spacial score (nSPS) is 10.8. The summed E-state index contributed by atoms with van der Waals surface area (Å²) in [5.74, 6) is -2.03. The van der Waals surface area contributed by atoms with Crippen molar-refractivity contribution in [3.8, 4) is 22.6 Å². The smallest absolute Gasteiger partial charge is 0.335 e. The van der Waals surface area contributed by atoms with Crippen LogP contribution in [0.2, 0.25) is 5.02 Å². The number of H-pyrrole nitrogens is 1.